The second kappa shape index (κ2) is 6.03. The van der Waals surface area contributed by atoms with Gasteiger partial charge in [0.1, 0.15) is 16.6 Å². The van der Waals surface area contributed by atoms with Crippen molar-refractivity contribution in [2.24, 2.45) is 0 Å². The molecule has 1 aliphatic heterocycles. The summed E-state index contributed by atoms with van der Waals surface area (Å²) < 4.78 is 0. The Morgan fingerprint density at radius 1 is 0.957 bits per heavy atom. The lowest BCUT2D eigenvalue weighted by Gasteiger charge is -2.35. The zero-order chi connectivity index (χ0) is 16.6. The van der Waals surface area contributed by atoms with E-state index in [1.54, 1.807) is 11.3 Å². The molecule has 7 heteroatoms. The highest BCUT2D eigenvalue weighted by Gasteiger charge is 2.24. The van der Waals surface area contributed by atoms with Gasteiger partial charge in [-0.3, -0.25) is 0 Å². The molecular weight excluding hydrogens is 308 g/mol. The lowest BCUT2D eigenvalue weighted by molar-refractivity contribution is 0.577. The normalized spacial score (nSPS) is 16.0. The molecule has 0 unspecified atom stereocenters. The molecule has 0 radical (unpaired) electrons. The zero-order valence-corrected chi connectivity index (χ0v) is 15.3. The van der Waals surface area contributed by atoms with Gasteiger partial charge in [0.05, 0.1) is 0 Å². The Labute approximate surface area is 141 Å². The molecule has 0 atom stereocenters. The number of nitrogens with zero attached hydrogens (tertiary/aromatic N) is 6. The molecule has 3 rings (SSSR count). The molecule has 3 heterocycles. The van der Waals surface area contributed by atoms with Crippen molar-refractivity contribution in [2.75, 3.05) is 36.0 Å². The third-order valence-electron chi connectivity index (χ3n) is 3.88. The summed E-state index contributed by atoms with van der Waals surface area (Å²) in [7, 11) is 0. The van der Waals surface area contributed by atoms with E-state index in [-0.39, 0.29) is 5.41 Å². The minimum absolute atomic E-state index is 0.0632. The van der Waals surface area contributed by atoms with Gasteiger partial charge in [-0.25, -0.2) is 9.97 Å². The summed E-state index contributed by atoms with van der Waals surface area (Å²) in [6.45, 7) is 14.3. The Kier molecular flexibility index (Phi) is 4.23. The van der Waals surface area contributed by atoms with E-state index in [4.69, 9.17) is 0 Å². The number of rotatable bonds is 2. The molecule has 0 amide bonds. The van der Waals surface area contributed by atoms with E-state index < -0.39 is 0 Å². The summed E-state index contributed by atoms with van der Waals surface area (Å²) in [4.78, 5) is 13.6. The number of hydrogen-bond donors (Lipinski definition) is 0. The van der Waals surface area contributed by atoms with Gasteiger partial charge in [0.2, 0.25) is 5.13 Å². The molecule has 23 heavy (non-hydrogen) atoms. The van der Waals surface area contributed by atoms with Gasteiger partial charge in [-0.2, -0.15) is 0 Å². The second-order valence-electron chi connectivity index (χ2n) is 7.03. The highest BCUT2D eigenvalue weighted by molar-refractivity contribution is 7.15. The summed E-state index contributed by atoms with van der Waals surface area (Å²) >= 11 is 1.71. The van der Waals surface area contributed by atoms with Crippen molar-refractivity contribution in [1.82, 2.24) is 20.2 Å². The van der Waals surface area contributed by atoms with Gasteiger partial charge in [0.15, 0.2) is 0 Å². The van der Waals surface area contributed by atoms with Gasteiger partial charge in [-0.05, 0) is 13.8 Å². The third-order valence-corrected chi connectivity index (χ3v) is 5.29. The van der Waals surface area contributed by atoms with Crippen LogP contribution in [0.1, 0.15) is 37.3 Å². The monoisotopic (exact) mass is 332 g/mol. The molecule has 0 bridgehead atoms. The number of aromatic nitrogens is 4. The molecule has 0 spiro atoms. The van der Waals surface area contributed by atoms with Gasteiger partial charge in [-0.15, -0.1) is 10.2 Å². The van der Waals surface area contributed by atoms with Crippen molar-refractivity contribution in [3.63, 3.8) is 0 Å². The Morgan fingerprint density at radius 2 is 1.61 bits per heavy atom. The molecule has 0 N–H and O–H groups in total. The average Bonchev–Trinajstić information content (AvgIpc) is 2.96. The summed E-state index contributed by atoms with van der Waals surface area (Å²) in [5, 5.41) is 10.9. The van der Waals surface area contributed by atoms with E-state index in [0.717, 1.165) is 53.7 Å². The van der Waals surface area contributed by atoms with E-state index in [2.05, 4.69) is 56.8 Å². The first-order chi connectivity index (χ1) is 10.8. The SMILES string of the molecule is Cc1cc(N2CCN(c3nnc(C(C)(C)C)s3)CC2)nc(C)n1. The molecule has 0 saturated carbocycles. The van der Waals surface area contributed by atoms with Crippen LogP contribution in [0.15, 0.2) is 6.07 Å². The molecular formula is C16H24N6S. The fourth-order valence-corrected chi connectivity index (χ4v) is 3.59. The van der Waals surface area contributed by atoms with E-state index in [9.17, 15) is 0 Å². The Morgan fingerprint density at radius 3 is 2.17 bits per heavy atom. The quantitative estimate of drug-likeness (QED) is 0.842. The van der Waals surface area contributed by atoms with Crippen LogP contribution in [-0.4, -0.2) is 46.3 Å². The first-order valence-corrected chi connectivity index (χ1v) is 8.81. The minimum atomic E-state index is 0.0632. The lowest BCUT2D eigenvalue weighted by Crippen LogP contribution is -2.47. The minimum Gasteiger partial charge on any atom is -0.353 e. The van der Waals surface area contributed by atoms with Crippen LogP contribution in [0.25, 0.3) is 0 Å². The fourth-order valence-electron chi connectivity index (χ4n) is 2.63. The summed E-state index contributed by atoms with van der Waals surface area (Å²) in [5.41, 5.74) is 1.09. The van der Waals surface area contributed by atoms with Crippen molar-refractivity contribution >= 4 is 22.3 Å². The lowest BCUT2D eigenvalue weighted by atomic mass is 9.98. The molecule has 2 aromatic rings. The van der Waals surface area contributed by atoms with Crippen LogP contribution < -0.4 is 9.80 Å². The van der Waals surface area contributed by atoms with Crippen LogP contribution in [0.5, 0.6) is 0 Å². The molecule has 1 saturated heterocycles. The van der Waals surface area contributed by atoms with Gasteiger partial charge >= 0.3 is 0 Å². The van der Waals surface area contributed by atoms with E-state index >= 15 is 0 Å². The standard InChI is InChI=1S/C16H24N6S/c1-11-10-13(18-12(2)17-11)21-6-8-22(9-7-21)15-20-19-14(23-15)16(3,4)5/h10H,6-9H2,1-5H3. The highest BCUT2D eigenvalue weighted by Crippen LogP contribution is 2.30. The maximum absolute atomic E-state index is 4.56. The fraction of sp³-hybridized carbons (Fsp3) is 0.625. The smallest absolute Gasteiger partial charge is 0.208 e. The molecule has 124 valence electrons. The van der Waals surface area contributed by atoms with Gasteiger partial charge in [0.25, 0.3) is 0 Å². The van der Waals surface area contributed by atoms with Crippen LogP contribution in [0.2, 0.25) is 0 Å². The van der Waals surface area contributed by atoms with Gasteiger partial charge in [0, 0.05) is 43.4 Å². The molecule has 2 aromatic heterocycles. The Hall–Kier alpha value is -1.76. The topological polar surface area (TPSA) is 58.0 Å². The summed E-state index contributed by atoms with van der Waals surface area (Å²) in [6, 6.07) is 2.06. The predicted molar refractivity (Wildman–Crippen MR) is 94.5 cm³/mol. The van der Waals surface area contributed by atoms with Crippen molar-refractivity contribution in [1.29, 1.82) is 0 Å². The van der Waals surface area contributed by atoms with Crippen LogP contribution in [0.4, 0.5) is 10.9 Å². The van der Waals surface area contributed by atoms with E-state index in [0.29, 0.717) is 0 Å². The second-order valence-corrected chi connectivity index (χ2v) is 7.98. The number of piperazine rings is 1. The molecule has 1 fully saturated rings. The number of aryl methyl sites for hydroxylation is 2. The average molecular weight is 332 g/mol. The van der Waals surface area contributed by atoms with Crippen LogP contribution in [0.3, 0.4) is 0 Å². The van der Waals surface area contributed by atoms with Crippen molar-refractivity contribution in [2.45, 2.75) is 40.0 Å². The molecule has 0 aliphatic carbocycles. The largest absolute Gasteiger partial charge is 0.353 e. The third kappa shape index (κ3) is 3.60. The maximum atomic E-state index is 4.56. The molecule has 0 aromatic carbocycles. The number of anilines is 2. The van der Waals surface area contributed by atoms with E-state index in [1.165, 1.54) is 0 Å². The van der Waals surface area contributed by atoms with Crippen LogP contribution in [0, 0.1) is 13.8 Å². The maximum Gasteiger partial charge on any atom is 0.208 e. The summed E-state index contributed by atoms with van der Waals surface area (Å²) in [5.74, 6) is 1.86. The predicted octanol–water partition coefficient (Wildman–Crippen LogP) is 2.57. The highest BCUT2D eigenvalue weighted by atomic mass is 32.1. The zero-order valence-electron chi connectivity index (χ0n) is 14.5. The van der Waals surface area contributed by atoms with Crippen LogP contribution in [-0.2, 0) is 5.41 Å². The van der Waals surface area contributed by atoms with E-state index in [1.807, 2.05) is 13.8 Å². The Bertz CT molecular complexity index is 662. The van der Waals surface area contributed by atoms with Crippen LogP contribution >= 0.6 is 11.3 Å². The first-order valence-electron chi connectivity index (χ1n) is 7.99. The summed E-state index contributed by atoms with van der Waals surface area (Å²) in [6.07, 6.45) is 0. The van der Waals surface area contributed by atoms with Crippen molar-refractivity contribution < 1.29 is 0 Å². The number of hydrogen-bond acceptors (Lipinski definition) is 7. The van der Waals surface area contributed by atoms with Crippen molar-refractivity contribution in [3.05, 3.63) is 22.6 Å². The Balaban J connectivity index is 1.67. The first kappa shape index (κ1) is 16.1. The van der Waals surface area contributed by atoms with Crippen molar-refractivity contribution in [3.8, 4) is 0 Å². The van der Waals surface area contributed by atoms with Gasteiger partial charge in [-0.1, -0.05) is 32.1 Å². The molecule has 6 nitrogen and oxygen atoms in total. The molecule has 1 aliphatic rings. The van der Waals surface area contributed by atoms with Gasteiger partial charge < -0.3 is 9.80 Å².